The number of nitrogens with one attached hydrogen (secondary N) is 1. The summed E-state index contributed by atoms with van der Waals surface area (Å²) in [6.07, 6.45) is 0. The Morgan fingerprint density at radius 3 is 2.41 bits per heavy atom. The molecule has 0 spiro atoms. The van der Waals surface area contributed by atoms with Crippen LogP contribution < -0.4 is 10.1 Å². The quantitative estimate of drug-likeness (QED) is 0.660. The lowest BCUT2D eigenvalue weighted by Gasteiger charge is -2.28. The molecule has 0 bridgehead atoms. The first-order chi connectivity index (χ1) is 13.7. The summed E-state index contributed by atoms with van der Waals surface area (Å²) in [7, 11) is 0. The van der Waals surface area contributed by atoms with Crippen LogP contribution in [0.25, 0.3) is 0 Å². The van der Waals surface area contributed by atoms with Crippen molar-refractivity contribution in [3.63, 3.8) is 0 Å². The van der Waals surface area contributed by atoms with Crippen LogP contribution in [0.4, 0.5) is 0 Å². The summed E-state index contributed by atoms with van der Waals surface area (Å²) in [5.41, 5.74) is 3.00. The van der Waals surface area contributed by atoms with Crippen LogP contribution >= 0.6 is 23.2 Å². The smallest absolute Gasteiger partial charge is 0.261 e. The maximum absolute atomic E-state index is 12.9. The molecule has 0 radical (unpaired) electrons. The fourth-order valence-corrected chi connectivity index (χ4v) is 3.09. The predicted octanol–water partition coefficient (Wildman–Crippen LogP) is 4.54. The summed E-state index contributed by atoms with van der Waals surface area (Å²) in [6, 6.07) is 10.1. The van der Waals surface area contributed by atoms with Crippen LogP contribution in [0.15, 0.2) is 36.4 Å². The number of halogens is 2. The van der Waals surface area contributed by atoms with Gasteiger partial charge in [-0.1, -0.05) is 35.3 Å². The van der Waals surface area contributed by atoms with Crippen LogP contribution in [-0.4, -0.2) is 35.9 Å². The molecule has 5 nitrogen and oxygen atoms in total. The number of aryl methyl sites for hydroxylation is 2. The van der Waals surface area contributed by atoms with E-state index in [0.29, 0.717) is 22.3 Å². The number of carbonyl (C=O) groups excluding carboxylic acids is 2. The van der Waals surface area contributed by atoms with Crippen LogP contribution in [0.2, 0.25) is 10.0 Å². The van der Waals surface area contributed by atoms with Gasteiger partial charge in [-0.05, 0) is 68.7 Å². The highest BCUT2D eigenvalue weighted by atomic mass is 35.5. The zero-order valence-electron chi connectivity index (χ0n) is 17.1. The number of nitrogens with zero attached hydrogens (tertiary/aromatic N) is 1. The Labute approximate surface area is 181 Å². The molecule has 0 saturated heterocycles. The molecule has 0 heterocycles. The number of benzene rings is 2. The third-order valence-electron chi connectivity index (χ3n) is 4.70. The van der Waals surface area contributed by atoms with Crippen LogP contribution in [0.1, 0.15) is 30.5 Å². The Bertz CT molecular complexity index is 886. The summed E-state index contributed by atoms with van der Waals surface area (Å²) < 4.78 is 5.68. The van der Waals surface area contributed by atoms with Gasteiger partial charge < -0.3 is 15.0 Å². The maximum Gasteiger partial charge on any atom is 0.261 e. The fraction of sp³-hybridized carbons (Fsp3) is 0.364. The van der Waals surface area contributed by atoms with E-state index in [-0.39, 0.29) is 25.0 Å². The largest absolute Gasteiger partial charge is 0.484 e. The number of hydrogen-bond donors (Lipinski definition) is 1. The molecular weight excluding hydrogens is 411 g/mol. The van der Waals surface area contributed by atoms with Gasteiger partial charge in [-0.3, -0.25) is 9.59 Å². The summed E-state index contributed by atoms with van der Waals surface area (Å²) in [5, 5.41) is 3.58. The lowest BCUT2D eigenvalue weighted by atomic mass is 10.1. The van der Waals surface area contributed by atoms with Crippen molar-refractivity contribution >= 4 is 35.0 Å². The zero-order valence-corrected chi connectivity index (χ0v) is 18.6. The van der Waals surface area contributed by atoms with Gasteiger partial charge >= 0.3 is 0 Å². The molecular formula is C22H26Cl2N2O3. The van der Waals surface area contributed by atoms with E-state index in [1.54, 1.807) is 25.1 Å². The standard InChI is InChI=1S/C22H26Cl2N2O3/c1-5-25-22(28)16(4)26(12-17-7-9-19(23)20(24)11-17)21(27)13-29-18-8-6-14(2)15(3)10-18/h6-11,16H,5,12-13H2,1-4H3,(H,25,28)/t16-/m1/s1. The Kier molecular flexibility index (Phi) is 8.35. The highest BCUT2D eigenvalue weighted by Crippen LogP contribution is 2.24. The van der Waals surface area contributed by atoms with E-state index in [2.05, 4.69) is 5.32 Å². The first kappa shape index (κ1) is 23.0. The van der Waals surface area contributed by atoms with Crippen molar-refractivity contribution in [2.75, 3.05) is 13.2 Å². The number of rotatable bonds is 8. The van der Waals surface area contributed by atoms with Gasteiger partial charge in [-0.15, -0.1) is 0 Å². The molecule has 0 aliphatic heterocycles. The first-order valence-electron chi connectivity index (χ1n) is 9.44. The molecule has 0 unspecified atom stereocenters. The van der Waals surface area contributed by atoms with Gasteiger partial charge in [0.2, 0.25) is 5.91 Å². The van der Waals surface area contributed by atoms with E-state index in [0.717, 1.165) is 16.7 Å². The van der Waals surface area contributed by atoms with Crippen LogP contribution in [0.5, 0.6) is 5.75 Å². The average Bonchev–Trinajstić information content (AvgIpc) is 2.69. The van der Waals surface area contributed by atoms with E-state index in [4.69, 9.17) is 27.9 Å². The van der Waals surface area contributed by atoms with Crippen LogP contribution in [0.3, 0.4) is 0 Å². The maximum atomic E-state index is 12.9. The van der Waals surface area contributed by atoms with Crippen molar-refractivity contribution in [2.24, 2.45) is 0 Å². The second-order valence-corrected chi connectivity index (χ2v) is 7.69. The first-order valence-corrected chi connectivity index (χ1v) is 10.2. The molecule has 7 heteroatoms. The molecule has 2 aromatic carbocycles. The minimum Gasteiger partial charge on any atom is -0.484 e. The van der Waals surface area contributed by atoms with E-state index in [1.807, 2.05) is 39.0 Å². The SMILES string of the molecule is CCNC(=O)[C@@H](C)N(Cc1ccc(Cl)c(Cl)c1)C(=O)COc1ccc(C)c(C)c1. The molecule has 0 aliphatic carbocycles. The van der Waals surface area contributed by atoms with Gasteiger partial charge in [-0.25, -0.2) is 0 Å². The topological polar surface area (TPSA) is 58.6 Å². The van der Waals surface area contributed by atoms with Crippen LogP contribution in [0, 0.1) is 13.8 Å². The molecule has 29 heavy (non-hydrogen) atoms. The Hall–Kier alpha value is -2.24. The van der Waals surface area contributed by atoms with E-state index in [9.17, 15) is 9.59 Å². The summed E-state index contributed by atoms with van der Waals surface area (Å²) in [6.45, 7) is 8.04. The molecule has 0 saturated carbocycles. The van der Waals surface area contributed by atoms with E-state index in [1.165, 1.54) is 4.90 Å². The van der Waals surface area contributed by atoms with Crippen molar-refractivity contribution in [3.05, 3.63) is 63.1 Å². The third-order valence-corrected chi connectivity index (χ3v) is 5.43. The monoisotopic (exact) mass is 436 g/mol. The number of likely N-dealkylation sites (N-methyl/N-ethyl adjacent to an activating group) is 1. The Morgan fingerprint density at radius 2 is 1.79 bits per heavy atom. The van der Waals surface area contributed by atoms with Crippen LogP contribution in [-0.2, 0) is 16.1 Å². The third kappa shape index (κ3) is 6.38. The Balaban J connectivity index is 2.17. The molecule has 2 rings (SSSR count). The van der Waals surface area contributed by atoms with Crippen molar-refractivity contribution in [3.8, 4) is 5.75 Å². The Morgan fingerprint density at radius 1 is 1.07 bits per heavy atom. The van der Waals surface area contributed by atoms with Crippen molar-refractivity contribution in [1.82, 2.24) is 10.2 Å². The summed E-state index contributed by atoms with van der Waals surface area (Å²) in [4.78, 5) is 26.8. The average molecular weight is 437 g/mol. The molecule has 156 valence electrons. The van der Waals surface area contributed by atoms with Gasteiger partial charge in [0, 0.05) is 13.1 Å². The second-order valence-electron chi connectivity index (χ2n) is 6.88. The lowest BCUT2D eigenvalue weighted by molar-refractivity contribution is -0.142. The van der Waals surface area contributed by atoms with E-state index >= 15 is 0 Å². The molecule has 1 N–H and O–H groups in total. The van der Waals surface area contributed by atoms with Gasteiger partial charge in [0.15, 0.2) is 6.61 Å². The van der Waals surface area contributed by atoms with Gasteiger partial charge in [0.05, 0.1) is 10.0 Å². The van der Waals surface area contributed by atoms with Gasteiger partial charge in [0.25, 0.3) is 5.91 Å². The molecule has 2 amide bonds. The molecule has 0 aliphatic rings. The number of ether oxygens (including phenoxy) is 1. The number of carbonyl (C=O) groups is 2. The second kappa shape index (κ2) is 10.5. The lowest BCUT2D eigenvalue weighted by Crippen LogP contribution is -2.49. The fourth-order valence-electron chi connectivity index (χ4n) is 2.77. The summed E-state index contributed by atoms with van der Waals surface area (Å²) >= 11 is 12.1. The number of amides is 2. The normalized spacial score (nSPS) is 11.7. The molecule has 0 fully saturated rings. The highest BCUT2D eigenvalue weighted by molar-refractivity contribution is 6.42. The van der Waals surface area contributed by atoms with Crippen molar-refractivity contribution in [1.29, 1.82) is 0 Å². The molecule has 0 aromatic heterocycles. The summed E-state index contributed by atoms with van der Waals surface area (Å²) in [5.74, 6) is 0.0849. The predicted molar refractivity (Wildman–Crippen MR) is 117 cm³/mol. The van der Waals surface area contributed by atoms with E-state index < -0.39 is 6.04 Å². The minimum absolute atomic E-state index is 0.173. The minimum atomic E-state index is -0.666. The highest BCUT2D eigenvalue weighted by Gasteiger charge is 2.26. The number of hydrogen-bond acceptors (Lipinski definition) is 3. The van der Waals surface area contributed by atoms with Crippen molar-refractivity contribution in [2.45, 2.75) is 40.3 Å². The van der Waals surface area contributed by atoms with Gasteiger partial charge in [-0.2, -0.15) is 0 Å². The zero-order chi connectivity index (χ0) is 21.6. The molecule has 2 aromatic rings. The van der Waals surface area contributed by atoms with Gasteiger partial charge in [0.1, 0.15) is 11.8 Å². The molecule has 1 atom stereocenters. The van der Waals surface area contributed by atoms with Crippen molar-refractivity contribution < 1.29 is 14.3 Å².